The van der Waals surface area contributed by atoms with Gasteiger partial charge in [0.2, 0.25) is 10.0 Å². The van der Waals surface area contributed by atoms with Crippen LogP contribution < -0.4 is 5.32 Å². The monoisotopic (exact) mass is 770 g/mol. The van der Waals surface area contributed by atoms with Gasteiger partial charge in [0.15, 0.2) is 5.78 Å². The summed E-state index contributed by atoms with van der Waals surface area (Å²) in [4.78, 5) is 54.2. The van der Waals surface area contributed by atoms with Gasteiger partial charge in [0, 0.05) is 33.5 Å². The molecule has 1 aromatic heterocycles. The lowest BCUT2D eigenvalue weighted by atomic mass is 9.93. The average Bonchev–Trinajstić information content (AvgIpc) is 3.87. The Hall–Kier alpha value is -4.65. The number of carbonyl (C=O) groups is 4. The van der Waals surface area contributed by atoms with E-state index in [1.54, 1.807) is 45.0 Å². The second-order valence-corrected chi connectivity index (χ2v) is 17.1. The summed E-state index contributed by atoms with van der Waals surface area (Å²) in [5.41, 5.74) is 3.82. The molecule has 1 saturated carbocycles. The van der Waals surface area contributed by atoms with Crippen LogP contribution in [0.15, 0.2) is 77.7 Å². The van der Waals surface area contributed by atoms with Crippen LogP contribution in [0, 0.1) is 0 Å². The lowest BCUT2D eigenvalue weighted by Crippen LogP contribution is -2.51. The molecule has 1 N–H and O–H groups in total. The molecule has 0 bridgehead atoms. The second kappa shape index (κ2) is 16.4. The van der Waals surface area contributed by atoms with Crippen LogP contribution in [0.5, 0.6) is 0 Å². The number of amides is 1. The number of Topliss-reactive ketones (excluding diaryl/α,β-unsaturated/α-hetero) is 1. The number of nitrogens with one attached hydrogen (secondary N) is 1. The first-order valence-electron chi connectivity index (χ1n) is 18.4. The first-order valence-corrected chi connectivity index (χ1v) is 20.7. The van der Waals surface area contributed by atoms with Crippen LogP contribution in [-0.2, 0) is 56.4 Å². The van der Waals surface area contributed by atoms with Crippen LogP contribution >= 0.6 is 11.3 Å². The van der Waals surface area contributed by atoms with Crippen molar-refractivity contribution in [2.75, 3.05) is 19.0 Å². The van der Waals surface area contributed by atoms with Crippen LogP contribution in [0.3, 0.4) is 0 Å². The number of ether oxygens (including phenoxy) is 2. The Labute approximate surface area is 320 Å². The highest BCUT2D eigenvalue weighted by atomic mass is 32.2. The smallest absolute Gasteiger partial charge is 0.337 e. The SMILES string of the molecule is CCOC(=O)C1(N(C(C)C)S(=O)(=O)c2cccc(C(=O)Cc3sc4c(c3C(=O)Nc3ccc(CCc5ccc(C(=O)OC)cc5)cc3)CCCC4)c2)CC1. The van der Waals surface area contributed by atoms with Crippen molar-refractivity contribution in [2.24, 2.45) is 0 Å². The Balaban J connectivity index is 1.17. The van der Waals surface area contributed by atoms with Crippen LogP contribution in [0.25, 0.3) is 0 Å². The van der Waals surface area contributed by atoms with Gasteiger partial charge < -0.3 is 14.8 Å². The fourth-order valence-electron chi connectivity index (χ4n) is 7.26. The molecule has 1 fully saturated rings. The molecule has 6 rings (SSSR count). The Morgan fingerprint density at radius 2 is 1.54 bits per heavy atom. The fraction of sp³-hybridized carbons (Fsp3) is 0.381. The lowest BCUT2D eigenvalue weighted by molar-refractivity contribution is -0.149. The number of rotatable bonds is 15. The van der Waals surface area contributed by atoms with E-state index in [0.29, 0.717) is 34.5 Å². The molecule has 12 heteroatoms. The van der Waals surface area contributed by atoms with Gasteiger partial charge in [-0.2, -0.15) is 4.31 Å². The van der Waals surface area contributed by atoms with Crippen molar-refractivity contribution in [1.29, 1.82) is 0 Å². The Bertz CT molecular complexity index is 2150. The van der Waals surface area contributed by atoms with Crippen LogP contribution in [0.2, 0.25) is 0 Å². The molecule has 10 nitrogen and oxygen atoms in total. The number of hydrogen-bond donors (Lipinski definition) is 1. The molecule has 0 saturated heterocycles. The number of ketones is 1. The van der Waals surface area contributed by atoms with Crippen molar-refractivity contribution in [1.82, 2.24) is 4.31 Å². The van der Waals surface area contributed by atoms with Gasteiger partial charge in [-0.15, -0.1) is 11.3 Å². The van der Waals surface area contributed by atoms with Crippen molar-refractivity contribution in [3.05, 3.63) is 116 Å². The number of methoxy groups -OCH3 is 1. The standard InChI is InChI=1S/C42H46N2O8S2/c1-5-52-41(48)42(23-24-42)44(27(2)3)54(49,50)33-10-8-9-31(25-33)35(45)26-37-38(34-11-6-7-12-36(34)53-37)39(46)43-32-21-17-29(18-22-32)14-13-28-15-19-30(20-16-28)40(47)51-4/h8-10,15-22,25,27H,5-7,11-14,23-24,26H2,1-4H3,(H,43,46). The molecule has 0 spiro atoms. The van der Waals surface area contributed by atoms with E-state index < -0.39 is 27.6 Å². The summed E-state index contributed by atoms with van der Waals surface area (Å²) in [7, 11) is -2.81. The van der Waals surface area contributed by atoms with E-state index in [-0.39, 0.29) is 41.1 Å². The van der Waals surface area contributed by atoms with Crippen LogP contribution in [-0.4, -0.2) is 61.6 Å². The molecule has 1 heterocycles. The summed E-state index contributed by atoms with van der Waals surface area (Å²) in [6.45, 7) is 5.28. The number of carbonyl (C=O) groups excluding carboxylic acids is 4. The molecule has 0 atom stereocenters. The lowest BCUT2D eigenvalue weighted by Gasteiger charge is -2.32. The molecular formula is C42H46N2O8S2. The van der Waals surface area contributed by atoms with E-state index in [0.717, 1.165) is 60.1 Å². The zero-order valence-corrected chi connectivity index (χ0v) is 32.7. The Kier molecular flexibility index (Phi) is 11.8. The van der Waals surface area contributed by atoms with E-state index in [1.807, 2.05) is 36.4 Å². The zero-order valence-electron chi connectivity index (χ0n) is 31.1. The molecule has 4 aromatic rings. The number of aryl methyl sites for hydroxylation is 3. The van der Waals surface area contributed by atoms with Gasteiger partial charge in [-0.3, -0.25) is 14.4 Å². The van der Waals surface area contributed by atoms with Crippen LogP contribution in [0.1, 0.15) is 104 Å². The van der Waals surface area contributed by atoms with Crippen molar-refractivity contribution in [3.63, 3.8) is 0 Å². The number of anilines is 1. The average molecular weight is 771 g/mol. The third kappa shape index (κ3) is 8.20. The fourth-order valence-corrected chi connectivity index (χ4v) is 10.7. The number of sulfonamides is 1. The number of esters is 2. The summed E-state index contributed by atoms with van der Waals surface area (Å²) >= 11 is 1.49. The Morgan fingerprint density at radius 3 is 2.15 bits per heavy atom. The third-order valence-electron chi connectivity index (χ3n) is 10.1. The van der Waals surface area contributed by atoms with Gasteiger partial charge in [0.1, 0.15) is 5.54 Å². The van der Waals surface area contributed by atoms with Crippen molar-refractivity contribution in [3.8, 4) is 0 Å². The van der Waals surface area contributed by atoms with Gasteiger partial charge in [0.05, 0.1) is 29.7 Å². The van der Waals surface area contributed by atoms with Gasteiger partial charge in [-0.05, 0) is 125 Å². The van der Waals surface area contributed by atoms with Crippen molar-refractivity contribution < 1.29 is 37.1 Å². The van der Waals surface area contributed by atoms with Crippen LogP contribution in [0.4, 0.5) is 5.69 Å². The summed E-state index contributed by atoms with van der Waals surface area (Å²) < 4.78 is 39.4. The Morgan fingerprint density at radius 1 is 0.889 bits per heavy atom. The summed E-state index contributed by atoms with van der Waals surface area (Å²) in [5, 5.41) is 3.05. The first kappa shape index (κ1) is 39.1. The molecule has 54 heavy (non-hydrogen) atoms. The summed E-state index contributed by atoms with van der Waals surface area (Å²) in [6, 6.07) is 20.5. The number of hydrogen-bond acceptors (Lipinski definition) is 9. The number of fused-ring (bicyclic) bond motifs is 1. The molecule has 0 unspecified atom stereocenters. The van der Waals surface area contributed by atoms with E-state index in [2.05, 4.69) is 5.32 Å². The molecule has 1 amide bonds. The molecular weight excluding hydrogens is 725 g/mol. The van der Waals surface area contributed by atoms with E-state index >= 15 is 0 Å². The number of benzene rings is 3. The van der Waals surface area contributed by atoms with Gasteiger partial charge in [-0.25, -0.2) is 13.2 Å². The topological polar surface area (TPSA) is 136 Å². The van der Waals surface area contributed by atoms with Gasteiger partial charge in [0.25, 0.3) is 5.91 Å². The largest absolute Gasteiger partial charge is 0.465 e. The summed E-state index contributed by atoms with van der Waals surface area (Å²) in [6.07, 6.45) is 5.81. The highest BCUT2D eigenvalue weighted by Crippen LogP contribution is 2.47. The zero-order chi connectivity index (χ0) is 38.6. The number of thiophene rings is 1. The minimum Gasteiger partial charge on any atom is -0.465 e. The predicted octanol–water partition coefficient (Wildman–Crippen LogP) is 7.37. The van der Waals surface area contributed by atoms with Crippen molar-refractivity contribution in [2.45, 2.75) is 95.0 Å². The molecule has 2 aliphatic rings. The highest BCUT2D eigenvalue weighted by molar-refractivity contribution is 7.89. The second-order valence-electron chi connectivity index (χ2n) is 14.1. The minimum absolute atomic E-state index is 0.0515. The summed E-state index contributed by atoms with van der Waals surface area (Å²) in [5.74, 6) is -1.49. The maximum atomic E-state index is 14.1. The number of nitrogens with zero attached hydrogens (tertiary/aromatic N) is 1. The first-order chi connectivity index (χ1) is 25.9. The molecule has 3 aromatic carbocycles. The van der Waals surface area contributed by atoms with Gasteiger partial charge >= 0.3 is 11.9 Å². The quantitative estimate of drug-likeness (QED) is 0.0978. The highest BCUT2D eigenvalue weighted by Gasteiger charge is 2.61. The molecule has 0 radical (unpaired) electrons. The minimum atomic E-state index is -4.17. The third-order valence-corrected chi connectivity index (χ3v) is 13.5. The predicted molar refractivity (Wildman–Crippen MR) is 208 cm³/mol. The molecule has 284 valence electrons. The maximum absolute atomic E-state index is 14.1. The van der Waals surface area contributed by atoms with E-state index in [9.17, 15) is 27.6 Å². The molecule has 2 aliphatic carbocycles. The maximum Gasteiger partial charge on any atom is 0.337 e. The van der Waals surface area contributed by atoms with E-state index in [1.165, 1.54) is 34.9 Å². The van der Waals surface area contributed by atoms with E-state index in [4.69, 9.17) is 9.47 Å². The van der Waals surface area contributed by atoms with Gasteiger partial charge in [-0.1, -0.05) is 36.4 Å². The van der Waals surface area contributed by atoms with Crippen molar-refractivity contribution >= 4 is 50.7 Å². The normalized spacial score (nSPS) is 14.7. The molecule has 0 aliphatic heterocycles.